The van der Waals surface area contributed by atoms with E-state index in [1.165, 1.54) is 0 Å². The third-order valence-corrected chi connectivity index (χ3v) is 1.69. The van der Waals surface area contributed by atoms with Gasteiger partial charge in [-0.3, -0.25) is 0 Å². The molecule has 1 atom stereocenters. The molecule has 76 valence electrons. The molecule has 0 aromatic heterocycles. The maximum atomic E-state index is 12.7. The zero-order valence-electron chi connectivity index (χ0n) is 7.14. The molecule has 0 saturated carbocycles. The van der Waals surface area contributed by atoms with Crippen molar-refractivity contribution < 1.29 is 18.0 Å². The summed E-state index contributed by atoms with van der Waals surface area (Å²) >= 11 is 0. The van der Waals surface area contributed by atoms with Gasteiger partial charge in [-0.2, -0.15) is 0 Å². The van der Waals surface area contributed by atoms with Crippen molar-refractivity contribution in [2.45, 2.75) is 12.5 Å². The smallest absolute Gasteiger partial charge is 0.194 e. The number of hydrogen-bond acceptors (Lipinski definition) is 2. The molecular formula is C9H8F3NO. The van der Waals surface area contributed by atoms with Gasteiger partial charge in [-0.25, -0.2) is 13.2 Å². The molecule has 0 saturated heterocycles. The second-order valence-electron chi connectivity index (χ2n) is 2.88. The average Bonchev–Trinajstić information content (AvgIpc) is 2.14. The highest BCUT2D eigenvalue weighted by Crippen LogP contribution is 2.14. The van der Waals surface area contributed by atoms with E-state index in [0.29, 0.717) is 6.29 Å². The molecule has 2 N–H and O–H groups in total. The Morgan fingerprint density at radius 2 is 1.79 bits per heavy atom. The number of hydrogen-bond donors (Lipinski definition) is 1. The highest BCUT2D eigenvalue weighted by molar-refractivity contribution is 5.57. The Hall–Kier alpha value is -1.36. The molecule has 0 amide bonds. The van der Waals surface area contributed by atoms with Crippen LogP contribution in [0.3, 0.4) is 0 Å². The van der Waals surface area contributed by atoms with Crippen molar-refractivity contribution in [3.63, 3.8) is 0 Å². The van der Waals surface area contributed by atoms with E-state index in [9.17, 15) is 18.0 Å². The van der Waals surface area contributed by atoms with Gasteiger partial charge < -0.3 is 10.5 Å². The van der Waals surface area contributed by atoms with Crippen molar-refractivity contribution >= 4 is 6.29 Å². The minimum absolute atomic E-state index is 0.0163. The van der Waals surface area contributed by atoms with Crippen molar-refractivity contribution in [1.82, 2.24) is 0 Å². The Balaban J connectivity index is 2.95. The van der Waals surface area contributed by atoms with Gasteiger partial charge in [-0.05, 0) is 24.1 Å². The lowest BCUT2D eigenvalue weighted by Crippen LogP contribution is -2.24. The lowest BCUT2D eigenvalue weighted by atomic mass is 10.1. The van der Waals surface area contributed by atoms with Crippen LogP contribution in [0.25, 0.3) is 0 Å². The lowest BCUT2D eigenvalue weighted by Gasteiger charge is -2.05. The quantitative estimate of drug-likeness (QED) is 0.592. The van der Waals surface area contributed by atoms with E-state index in [0.717, 1.165) is 12.1 Å². The highest BCUT2D eigenvalue weighted by atomic mass is 19.2. The lowest BCUT2D eigenvalue weighted by molar-refractivity contribution is -0.108. The summed E-state index contributed by atoms with van der Waals surface area (Å²) in [5.41, 5.74) is 5.39. The van der Waals surface area contributed by atoms with Crippen LogP contribution in [0, 0.1) is 17.5 Å². The molecule has 0 spiro atoms. The molecule has 0 aliphatic carbocycles. The van der Waals surface area contributed by atoms with Crippen molar-refractivity contribution in [2.24, 2.45) is 5.73 Å². The topological polar surface area (TPSA) is 43.1 Å². The van der Waals surface area contributed by atoms with E-state index in [4.69, 9.17) is 5.73 Å². The van der Waals surface area contributed by atoms with Crippen LogP contribution in [0.4, 0.5) is 13.2 Å². The molecule has 0 radical (unpaired) electrons. The molecule has 0 aliphatic rings. The third-order valence-electron chi connectivity index (χ3n) is 1.69. The number of carbonyl (C=O) groups is 1. The fraction of sp³-hybridized carbons (Fsp3) is 0.222. The maximum Gasteiger partial charge on any atom is 0.194 e. The highest BCUT2D eigenvalue weighted by Gasteiger charge is 2.11. The average molecular weight is 203 g/mol. The van der Waals surface area contributed by atoms with Crippen LogP contribution < -0.4 is 5.73 Å². The predicted molar refractivity (Wildman–Crippen MR) is 44.1 cm³/mol. The summed E-state index contributed by atoms with van der Waals surface area (Å²) in [6.07, 6.45) is 0.441. The third kappa shape index (κ3) is 2.32. The molecule has 1 aromatic rings. The van der Waals surface area contributed by atoms with Gasteiger partial charge in [-0.1, -0.05) is 0 Å². The van der Waals surface area contributed by atoms with E-state index in [1.54, 1.807) is 0 Å². The van der Waals surface area contributed by atoms with Gasteiger partial charge in [-0.15, -0.1) is 0 Å². The van der Waals surface area contributed by atoms with E-state index >= 15 is 0 Å². The van der Waals surface area contributed by atoms with Gasteiger partial charge in [0.15, 0.2) is 17.5 Å². The first-order valence-electron chi connectivity index (χ1n) is 3.89. The first-order valence-corrected chi connectivity index (χ1v) is 3.89. The van der Waals surface area contributed by atoms with Crippen LogP contribution in [0.2, 0.25) is 0 Å². The number of benzene rings is 1. The van der Waals surface area contributed by atoms with Crippen molar-refractivity contribution in [3.05, 3.63) is 35.1 Å². The van der Waals surface area contributed by atoms with Gasteiger partial charge in [0.05, 0.1) is 6.04 Å². The molecule has 2 nitrogen and oxygen atoms in total. The Kier molecular flexibility index (Phi) is 3.24. The summed E-state index contributed by atoms with van der Waals surface area (Å²) < 4.78 is 37.8. The number of nitrogens with two attached hydrogens (primary N) is 1. The Bertz CT molecular complexity index is 331. The van der Waals surface area contributed by atoms with E-state index in [2.05, 4.69) is 0 Å². The summed E-state index contributed by atoms with van der Waals surface area (Å²) in [5.74, 6) is -4.08. The molecule has 0 aliphatic heterocycles. The normalized spacial score (nSPS) is 12.6. The molecule has 0 bridgehead atoms. The predicted octanol–water partition coefficient (Wildman–Crippen LogP) is 1.17. The minimum Gasteiger partial charge on any atom is -0.321 e. The van der Waals surface area contributed by atoms with Gasteiger partial charge >= 0.3 is 0 Å². The van der Waals surface area contributed by atoms with Crippen molar-refractivity contribution in [3.8, 4) is 0 Å². The second-order valence-corrected chi connectivity index (χ2v) is 2.88. The monoisotopic (exact) mass is 203 g/mol. The standard InChI is InChI=1S/C9H8F3NO/c10-7-2-5(1-6(13)4-14)3-8(11)9(7)12/h2-4,6H,1,13H2/t6-/m0/s1. The SMILES string of the molecule is N[C@H](C=O)Cc1cc(F)c(F)c(F)c1. The Morgan fingerprint density at radius 1 is 1.29 bits per heavy atom. The van der Waals surface area contributed by atoms with Crippen LogP contribution in [-0.2, 0) is 11.2 Å². The summed E-state index contributed by atoms with van der Waals surface area (Å²) in [5, 5.41) is 0. The first-order chi connectivity index (χ1) is 6.54. The number of rotatable bonds is 3. The van der Waals surface area contributed by atoms with Crippen LogP contribution in [-0.4, -0.2) is 12.3 Å². The van der Waals surface area contributed by atoms with Crippen LogP contribution in [0.5, 0.6) is 0 Å². The summed E-state index contributed by atoms with van der Waals surface area (Å²) in [6, 6.07) is 0.808. The van der Waals surface area contributed by atoms with Gasteiger partial charge in [0.2, 0.25) is 0 Å². The fourth-order valence-corrected chi connectivity index (χ4v) is 1.05. The Labute approximate surface area is 78.5 Å². The molecule has 1 aromatic carbocycles. The van der Waals surface area contributed by atoms with Crippen LogP contribution in [0.1, 0.15) is 5.56 Å². The molecule has 5 heteroatoms. The number of aldehydes is 1. The van der Waals surface area contributed by atoms with Crippen LogP contribution in [0.15, 0.2) is 12.1 Å². The van der Waals surface area contributed by atoms with Gasteiger partial charge in [0.1, 0.15) is 6.29 Å². The molecule has 0 unspecified atom stereocenters. The number of carbonyl (C=O) groups excluding carboxylic acids is 1. The molecule has 0 fully saturated rings. The van der Waals surface area contributed by atoms with Crippen molar-refractivity contribution in [2.75, 3.05) is 0 Å². The molecule has 14 heavy (non-hydrogen) atoms. The van der Waals surface area contributed by atoms with Gasteiger partial charge in [0.25, 0.3) is 0 Å². The molecular weight excluding hydrogens is 195 g/mol. The zero-order chi connectivity index (χ0) is 10.7. The van der Waals surface area contributed by atoms with E-state index < -0.39 is 23.5 Å². The maximum absolute atomic E-state index is 12.7. The molecule has 1 rings (SSSR count). The largest absolute Gasteiger partial charge is 0.321 e. The Morgan fingerprint density at radius 3 is 2.21 bits per heavy atom. The first kappa shape index (κ1) is 10.7. The summed E-state index contributed by atoms with van der Waals surface area (Å²) in [7, 11) is 0. The number of halogens is 3. The van der Waals surface area contributed by atoms with Gasteiger partial charge in [0, 0.05) is 0 Å². The summed E-state index contributed by atoms with van der Waals surface area (Å²) in [4.78, 5) is 10.2. The van der Waals surface area contributed by atoms with E-state index in [1.807, 2.05) is 0 Å². The fourth-order valence-electron chi connectivity index (χ4n) is 1.05. The van der Waals surface area contributed by atoms with Crippen LogP contribution >= 0.6 is 0 Å². The second kappa shape index (κ2) is 4.23. The molecule has 0 heterocycles. The minimum atomic E-state index is -1.52. The zero-order valence-corrected chi connectivity index (χ0v) is 7.14. The van der Waals surface area contributed by atoms with E-state index in [-0.39, 0.29) is 12.0 Å². The van der Waals surface area contributed by atoms with Crippen molar-refractivity contribution in [1.29, 1.82) is 0 Å². The summed E-state index contributed by atoms with van der Waals surface area (Å²) in [6.45, 7) is 0.